The fourth-order valence-electron chi connectivity index (χ4n) is 4.60. The molecule has 1 saturated carbocycles. The molecule has 2 heterocycles. The molecule has 0 saturated heterocycles. The van der Waals surface area contributed by atoms with E-state index in [1.807, 2.05) is 0 Å². The van der Waals surface area contributed by atoms with Gasteiger partial charge in [-0.15, -0.1) is 0 Å². The van der Waals surface area contributed by atoms with Gasteiger partial charge in [0.15, 0.2) is 5.54 Å². The molecule has 1 unspecified atom stereocenters. The second-order valence-electron chi connectivity index (χ2n) is 7.88. The van der Waals surface area contributed by atoms with Crippen LogP contribution in [0, 0.1) is 23.1 Å². The van der Waals surface area contributed by atoms with Crippen molar-refractivity contribution < 1.29 is 17.9 Å². The lowest BCUT2D eigenvalue weighted by molar-refractivity contribution is 0.0177. The van der Waals surface area contributed by atoms with E-state index in [-0.39, 0.29) is 17.6 Å². The summed E-state index contributed by atoms with van der Waals surface area (Å²) in [6.07, 6.45) is -0.0639. The molecule has 0 bridgehead atoms. The summed E-state index contributed by atoms with van der Waals surface area (Å²) in [5, 5.41) is 12.3. The highest BCUT2D eigenvalue weighted by Crippen LogP contribution is 2.56. The van der Waals surface area contributed by atoms with Crippen LogP contribution in [0.4, 0.5) is 18.9 Å². The van der Waals surface area contributed by atoms with E-state index in [9.17, 15) is 13.2 Å². The number of benzene rings is 1. The average molecular weight is 413 g/mol. The Labute approximate surface area is 170 Å². The molecule has 1 aromatic carbocycles. The summed E-state index contributed by atoms with van der Waals surface area (Å²) in [6.45, 7) is 0. The first kappa shape index (κ1) is 18.7. The zero-order valence-corrected chi connectivity index (χ0v) is 15.8. The lowest BCUT2D eigenvalue weighted by Crippen LogP contribution is -2.43. The first-order valence-electron chi connectivity index (χ1n) is 9.68. The van der Waals surface area contributed by atoms with Crippen LogP contribution in [0.5, 0.6) is 0 Å². The fourth-order valence-corrected chi connectivity index (χ4v) is 4.60. The minimum absolute atomic E-state index is 0.162. The molecule has 4 atom stereocenters. The van der Waals surface area contributed by atoms with Crippen LogP contribution in [0.25, 0.3) is 0 Å². The number of ether oxygens (including phenoxy) is 1. The summed E-state index contributed by atoms with van der Waals surface area (Å²) in [5.74, 6) is -1.37. The van der Waals surface area contributed by atoms with E-state index < -0.39 is 29.8 Å². The Bertz CT molecular complexity index is 1100. The molecule has 5 rings (SSSR count). The third kappa shape index (κ3) is 2.78. The van der Waals surface area contributed by atoms with Crippen LogP contribution in [-0.4, -0.2) is 23.5 Å². The minimum atomic E-state index is -2.93. The van der Waals surface area contributed by atoms with Gasteiger partial charge in [0.1, 0.15) is 18.0 Å². The van der Waals surface area contributed by atoms with Crippen LogP contribution < -0.4 is 11.1 Å². The zero-order valence-electron chi connectivity index (χ0n) is 15.8. The topological polar surface area (TPSA) is 96.3 Å². The van der Waals surface area contributed by atoms with E-state index in [2.05, 4.69) is 21.4 Å². The normalized spacial score (nSPS) is 28.8. The third-order valence-corrected chi connectivity index (χ3v) is 6.10. The molecule has 154 valence electrons. The van der Waals surface area contributed by atoms with Gasteiger partial charge in [0, 0.05) is 23.4 Å². The van der Waals surface area contributed by atoms with E-state index in [0.29, 0.717) is 17.7 Å². The SMILES string of the molecule is N#Cc1cnc2c(c1)CC[C@@H]2Nc1ccc(F)c([C@@]2(C(F)F)N=C(N)O[C@@H]3CC32)c1. The number of amidine groups is 1. The van der Waals surface area contributed by atoms with Gasteiger partial charge < -0.3 is 15.8 Å². The van der Waals surface area contributed by atoms with Crippen LogP contribution in [0.1, 0.15) is 41.3 Å². The molecule has 1 fully saturated rings. The average Bonchev–Trinajstić information content (AvgIpc) is 3.41. The molecule has 3 aliphatic rings. The largest absolute Gasteiger partial charge is 0.462 e. The van der Waals surface area contributed by atoms with Crippen molar-refractivity contribution in [2.24, 2.45) is 16.6 Å². The van der Waals surface area contributed by atoms with Crippen molar-refractivity contribution in [3.8, 4) is 6.07 Å². The first-order chi connectivity index (χ1) is 14.4. The Balaban J connectivity index is 1.50. The van der Waals surface area contributed by atoms with E-state index in [0.717, 1.165) is 24.1 Å². The lowest BCUT2D eigenvalue weighted by atomic mass is 9.84. The molecule has 1 aliphatic heterocycles. The van der Waals surface area contributed by atoms with Crippen molar-refractivity contribution in [1.29, 1.82) is 5.26 Å². The molecule has 0 radical (unpaired) electrons. The summed E-state index contributed by atoms with van der Waals surface area (Å²) >= 11 is 0. The van der Waals surface area contributed by atoms with Crippen molar-refractivity contribution in [3.63, 3.8) is 0 Å². The number of nitrogens with two attached hydrogens (primary N) is 1. The molecule has 1 aromatic heterocycles. The summed E-state index contributed by atoms with van der Waals surface area (Å²) in [4.78, 5) is 8.28. The van der Waals surface area contributed by atoms with Gasteiger partial charge in [0.2, 0.25) is 0 Å². The Kier molecular flexibility index (Phi) is 4.13. The van der Waals surface area contributed by atoms with Gasteiger partial charge in [0.05, 0.1) is 17.3 Å². The number of fused-ring (bicyclic) bond motifs is 2. The van der Waals surface area contributed by atoms with Crippen molar-refractivity contribution in [2.75, 3.05) is 5.32 Å². The fraction of sp³-hybridized carbons (Fsp3) is 0.381. The van der Waals surface area contributed by atoms with Crippen LogP contribution in [0.2, 0.25) is 0 Å². The molecule has 2 aliphatic carbocycles. The van der Waals surface area contributed by atoms with Crippen molar-refractivity contribution >= 4 is 11.7 Å². The number of aryl methyl sites for hydroxylation is 1. The van der Waals surface area contributed by atoms with Gasteiger partial charge in [-0.3, -0.25) is 4.98 Å². The highest BCUT2D eigenvalue weighted by molar-refractivity contribution is 5.74. The number of alkyl halides is 2. The first-order valence-corrected chi connectivity index (χ1v) is 9.68. The molecule has 0 spiro atoms. The summed E-state index contributed by atoms with van der Waals surface area (Å²) in [7, 11) is 0. The number of aliphatic imine (C=N–C) groups is 1. The number of nitrogens with zero attached hydrogens (tertiary/aromatic N) is 3. The number of hydrogen-bond acceptors (Lipinski definition) is 6. The van der Waals surface area contributed by atoms with Gasteiger partial charge in [-0.1, -0.05) is 0 Å². The number of nitrogens with one attached hydrogen (secondary N) is 1. The second kappa shape index (κ2) is 6.62. The number of anilines is 1. The van der Waals surface area contributed by atoms with Crippen molar-refractivity contribution in [1.82, 2.24) is 4.98 Å². The Morgan fingerprint density at radius 2 is 2.17 bits per heavy atom. The number of halogens is 3. The predicted molar refractivity (Wildman–Crippen MR) is 102 cm³/mol. The van der Waals surface area contributed by atoms with Crippen LogP contribution in [0.3, 0.4) is 0 Å². The maximum Gasteiger partial charge on any atom is 0.283 e. The predicted octanol–water partition coefficient (Wildman–Crippen LogP) is 3.39. The standard InChI is InChI=1S/C21H18F3N5O/c22-15-3-2-12(28-16-4-1-11-5-10(8-25)9-27-18(11)16)6-13(15)21(19(23)24)14-7-17(14)30-20(26)29-21/h2-3,5-6,9,14,16-17,19,28H,1,4,7H2,(H2,26,29)/t14?,16-,17+,21+/m0/s1. The van der Waals surface area contributed by atoms with E-state index in [4.69, 9.17) is 15.7 Å². The number of rotatable bonds is 4. The highest BCUT2D eigenvalue weighted by Gasteiger charge is 2.64. The number of pyridine rings is 1. The molecular formula is C21H18F3N5O. The molecule has 2 aromatic rings. The van der Waals surface area contributed by atoms with Crippen LogP contribution in [-0.2, 0) is 16.7 Å². The maximum atomic E-state index is 14.8. The van der Waals surface area contributed by atoms with Gasteiger partial charge >= 0.3 is 0 Å². The molecular weight excluding hydrogens is 395 g/mol. The molecule has 6 nitrogen and oxygen atoms in total. The van der Waals surface area contributed by atoms with Crippen LogP contribution >= 0.6 is 0 Å². The van der Waals surface area contributed by atoms with Crippen molar-refractivity contribution in [3.05, 3.63) is 58.7 Å². The summed E-state index contributed by atoms with van der Waals surface area (Å²) in [6, 6.07) is 7.44. The summed E-state index contributed by atoms with van der Waals surface area (Å²) in [5.41, 5.74) is 6.15. The quantitative estimate of drug-likeness (QED) is 0.801. The van der Waals surface area contributed by atoms with Gasteiger partial charge in [-0.2, -0.15) is 5.26 Å². The second-order valence-corrected chi connectivity index (χ2v) is 7.88. The number of hydrogen-bond donors (Lipinski definition) is 2. The number of aromatic nitrogens is 1. The van der Waals surface area contributed by atoms with Gasteiger partial charge in [-0.05, 0) is 49.1 Å². The van der Waals surface area contributed by atoms with E-state index in [1.165, 1.54) is 24.4 Å². The monoisotopic (exact) mass is 413 g/mol. The molecule has 9 heteroatoms. The summed E-state index contributed by atoms with van der Waals surface area (Å²) < 4.78 is 48.5. The highest BCUT2D eigenvalue weighted by atomic mass is 19.3. The Morgan fingerprint density at radius 3 is 2.93 bits per heavy atom. The van der Waals surface area contributed by atoms with E-state index >= 15 is 0 Å². The molecule has 3 N–H and O–H groups in total. The lowest BCUT2D eigenvalue weighted by Gasteiger charge is -2.33. The van der Waals surface area contributed by atoms with Crippen molar-refractivity contribution in [2.45, 2.75) is 43.4 Å². The molecule has 30 heavy (non-hydrogen) atoms. The third-order valence-electron chi connectivity index (χ3n) is 6.10. The zero-order chi connectivity index (χ0) is 21.0. The van der Waals surface area contributed by atoms with Crippen LogP contribution in [0.15, 0.2) is 35.5 Å². The Morgan fingerprint density at radius 1 is 1.33 bits per heavy atom. The van der Waals surface area contributed by atoms with Gasteiger partial charge in [-0.25, -0.2) is 18.2 Å². The van der Waals surface area contributed by atoms with Gasteiger partial charge in [0.25, 0.3) is 12.4 Å². The number of nitriles is 1. The van der Waals surface area contributed by atoms with E-state index in [1.54, 1.807) is 6.07 Å². The molecule has 0 amide bonds. The maximum absolute atomic E-state index is 14.8. The smallest absolute Gasteiger partial charge is 0.283 e. The Hall–Kier alpha value is -3.28. The minimum Gasteiger partial charge on any atom is -0.462 e.